The Kier molecular flexibility index (Phi) is 3.70. The summed E-state index contributed by atoms with van der Waals surface area (Å²) in [6.07, 6.45) is 8.08. The van der Waals surface area contributed by atoms with Crippen LogP contribution >= 0.6 is 0 Å². The SMILES string of the molecule is O=c1[nH]c(CN2CCCC3CCCCC32)nc2ccccc12. The van der Waals surface area contributed by atoms with Gasteiger partial charge in [-0.15, -0.1) is 0 Å². The lowest BCUT2D eigenvalue weighted by atomic mass is 9.78. The fourth-order valence-corrected chi connectivity index (χ4v) is 4.33. The maximum absolute atomic E-state index is 12.2. The average molecular weight is 297 g/mol. The van der Waals surface area contributed by atoms with Gasteiger partial charge in [0.05, 0.1) is 17.4 Å². The van der Waals surface area contributed by atoms with Gasteiger partial charge in [0.25, 0.3) is 5.56 Å². The van der Waals surface area contributed by atoms with Crippen LogP contribution in [0, 0.1) is 5.92 Å². The Balaban J connectivity index is 1.61. The third-order valence-electron chi connectivity index (χ3n) is 5.37. The second-order valence-electron chi connectivity index (χ2n) is 6.75. The molecule has 4 heteroatoms. The Hall–Kier alpha value is -1.68. The van der Waals surface area contributed by atoms with Crippen molar-refractivity contribution in [2.75, 3.05) is 6.54 Å². The highest BCUT2D eigenvalue weighted by atomic mass is 16.1. The number of aromatic amines is 1. The van der Waals surface area contributed by atoms with Crippen molar-refractivity contribution in [3.8, 4) is 0 Å². The molecule has 2 atom stereocenters. The summed E-state index contributed by atoms with van der Waals surface area (Å²) in [6, 6.07) is 8.28. The number of para-hydroxylation sites is 1. The van der Waals surface area contributed by atoms with Crippen LogP contribution in [-0.4, -0.2) is 27.5 Å². The summed E-state index contributed by atoms with van der Waals surface area (Å²) in [7, 11) is 0. The first-order valence-electron chi connectivity index (χ1n) is 8.53. The molecule has 2 fully saturated rings. The van der Waals surface area contributed by atoms with Crippen molar-refractivity contribution in [2.24, 2.45) is 5.92 Å². The van der Waals surface area contributed by atoms with Gasteiger partial charge in [-0.2, -0.15) is 0 Å². The minimum absolute atomic E-state index is 0.0159. The molecule has 1 saturated heterocycles. The molecule has 2 unspecified atom stereocenters. The van der Waals surface area contributed by atoms with E-state index in [1.54, 1.807) is 0 Å². The molecule has 2 aromatic rings. The Morgan fingerprint density at radius 3 is 2.91 bits per heavy atom. The molecule has 1 aliphatic carbocycles. The zero-order valence-electron chi connectivity index (χ0n) is 12.9. The number of rotatable bonds is 2. The summed E-state index contributed by atoms with van der Waals surface area (Å²) >= 11 is 0. The highest BCUT2D eigenvalue weighted by Gasteiger charge is 2.33. The molecule has 1 aliphatic heterocycles. The Bertz CT molecular complexity index is 722. The van der Waals surface area contributed by atoms with Crippen molar-refractivity contribution >= 4 is 10.9 Å². The van der Waals surface area contributed by atoms with E-state index in [1.807, 2.05) is 24.3 Å². The molecule has 1 saturated carbocycles. The van der Waals surface area contributed by atoms with E-state index in [9.17, 15) is 4.79 Å². The van der Waals surface area contributed by atoms with Crippen LogP contribution in [0.2, 0.25) is 0 Å². The lowest BCUT2D eigenvalue weighted by Crippen LogP contribution is -2.46. The van der Waals surface area contributed by atoms with E-state index in [0.717, 1.165) is 30.3 Å². The Labute approximate surface area is 130 Å². The smallest absolute Gasteiger partial charge is 0.258 e. The number of likely N-dealkylation sites (tertiary alicyclic amines) is 1. The van der Waals surface area contributed by atoms with Gasteiger partial charge < -0.3 is 4.98 Å². The first-order valence-corrected chi connectivity index (χ1v) is 8.53. The van der Waals surface area contributed by atoms with E-state index in [1.165, 1.54) is 38.5 Å². The van der Waals surface area contributed by atoms with E-state index in [0.29, 0.717) is 11.4 Å². The number of hydrogen-bond donors (Lipinski definition) is 1. The van der Waals surface area contributed by atoms with Crippen molar-refractivity contribution in [2.45, 2.75) is 51.1 Å². The highest BCUT2D eigenvalue weighted by molar-refractivity contribution is 5.77. The summed E-state index contributed by atoms with van der Waals surface area (Å²) in [6.45, 7) is 1.92. The van der Waals surface area contributed by atoms with Crippen molar-refractivity contribution in [3.05, 3.63) is 40.4 Å². The molecule has 22 heavy (non-hydrogen) atoms. The molecule has 2 aliphatic rings. The minimum Gasteiger partial charge on any atom is -0.309 e. The van der Waals surface area contributed by atoms with Gasteiger partial charge in [0.1, 0.15) is 5.82 Å². The Morgan fingerprint density at radius 2 is 1.95 bits per heavy atom. The van der Waals surface area contributed by atoms with Gasteiger partial charge >= 0.3 is 0 Å². The van der Waals surface area contributed by atoms with Crippen LogP contribution in [0.4, 0.5) is 0 Å². The van der Waals surface area contributed by atoms with Crippen LogP contribution in [-0.2, 0) is 6.54 Å². The number of aromatic nitrogens is 2. The van der Waals surface area contributed by atoms with Gasteiger partial charge in [-0.1, -0.05) is 25.0 Å². The largest absolute Gasteiger partial charge is 0.309 e. The molecule has 2 heterocycles. The predicted octanol–water partition coefficient (Wildman–Crippen LogP) is 3.08. The maximum atomic E-state index is 12.2. The van der Waals surface area contributed by atoms with E-state index in [-0.39, 0.29) is 5.56 Å². The summed E-state index contributed by atoms with van der Waals surface area (Å²) in [5, 5.41) is 0.681. The van der Waals surface area contributed by atoms with Gasteiger partial charge in [-0.3, -0.25) is 9.69 Å². The maximum Gasteiger partial charge on any atom is 0.258 e. The molecular formula is C18H23N3O. The van der Waals surface area contributed by atoms with Gasteiger partial charge in [-0.05, 0) is 50.3 Å². The van der Waals surface area contributed by atoms with Crippen LogP contribution in [0.3, 0.4) is 0 Å². The van der Waals surface area contributed by atoms with Crippen LogP contribution in [0.25, 0.3) is 10.9 Å². The summed E-state index contributed by atoms with van der Waals surface area (Å²) in [5.41, 5.74) is 0.788. The fraction of sp³-hybridized carbons (Fsp3) is 0.556. The van der Waals surface area contributed by atoms with Gasteiger partial charge in [0.2, 0.25) is 0 Å². The molecule has 116 valence electrons. The standard InChI is InChI=1S/C18H23N3O/c22-18-14-8-2-3-9-15(14)19-17(20-18)12-21-11-5-7-13-6-1-4-10-16(13)21/h2-3,8-9,13,16H,1,4-7,10-12H2,(H,19,20,22). The predicted molar refractivity (Wildman–Crippen MR) is 87.8 cm³/mol. The topological polar surface area (TPSA) is 49.0 Å². The number of nitrogens with one attached hydrogen (secondary N) is 1. The molecule has 0 radical (unpaired) electrons. The van der Waals surface area contributed by atoms with E-state index < -0.39 is 0 Å². The first-order chi connectivity index (χ1) is 10.8. The van der Waals surface area contributed by atoms with Crippen molar-refractivity contribution in [1.29, 1.82) is 0 Å². The number of hydrogen-bond acceptors (Lipinski definition) is 3. The lowest BCUT2D eigenvalue weighted by molar-refractivity contribution is 0.0527. The van der Waals surface area contributed by atoms with Crippen LogP contribution in [0.1, 0.15) is 44.3 Å². The number of piperidine rings is 1. The summed E-state index contributed by atoms with van der Waals surface area (Å²) in [5.74, 6) is 1.67. The molecule has 4 rings (SSSR count). The zero-order valence-corrected chi connectivity index (χ0v) is 12.9. The fourth-order valence-electron chi connectivity index (χ4n) is 4.33. The van der Waals surface area contributed by atoms with Gasteiger partial charge in [-0.25, -0.2) is 4.98 Å². The third-order valence-corrected chi connectivity index (χ3v) is 5.37. The summed E-state index contributed by atoms with van der Waals surface area (Å²) < 4.78 is 0. The van der Waals surface area contributed by atoms with Crippen molar-refractivity contribution in [1.82, 2.24) is 14.9 Å². The second-order valence-corrected chi connectivity index (χ2v) is 6.75. The normalized spacial score (nSPS) is 26.0. The van der Waals surface area contributed by atoms with Gasteiger partial charge in [0.15, 0.2) is 0 Å². The molecule has 1 aromatic heterocycles. The number of nitrogens with zero attached hydrogens (tertiary/aromatic N) is 2. The molecule has 0 amide bonds. The molecular weight excluding hydrogens is 274 g/mol. The molecule has 0 spiro atoms. The number of fused-ring (bicyclic) bond motifs is 2. The van der Waals surface area contributed by atoms with E-state index >= 15 is 0 Å². The van der Waals surface area contributed by atoms with Crippen molar-refractivity contribution < 1.29 is 0 Å². The minimum atomic E-state index is -0.0159. The average Bonchev–Trinajstić information content (AvgIpc) is 2.55. The highest BCUT2D eigenvalue weighted by Crippen LogP contribution is 2.35. The first kappa shape index (κ1) is 13.9. The van der Waals surface area contributed by atoms with Gasteiger partial charge in [0, 0.05) is 6.04 Å². The van der Waals surface area contributed by atoms with Crippen molar-refractivity contribution in [3.63, 3.8) is 0 Å². The quantitative estimate of drug-likeness (QED) is 0.926. The molecule has 1 N–H and O–H groups in total. The van der Waals surface area contributed by atoms with E-state index in [2.05, 4.69) is 14.9 Å². The molecule has 1 aromatic carbocycles. The summed E-state index contributed by atoms with van der Waals surface area (Å²) in [4.78, 5) is 22.4. The van der Waals surface area contributed by atoms with Crippen LogP contribution < -0.4 is 5.56 Å². The number of H-pyrrole nitrogens is 1. The monoisotopic (exact) mass is 297 g/mol. The molecule has 4 nitrogen and oxygen atoms in total. The second kappa shape index (κ2) is 5.84. The van der Waals surface area contributed by atoms with E-state index in [4.69, 9.17) is 0 Å². The van der Waals surface area contributed by atoms with Crippen LogP contribution in [0.5, 0.6) is 0 Å². The zero-order chi connectivity index (χ0) is 14.9. The number of benzene rings is 1. The Morgan fingerprint density at radius 1 is 1.14 bits per heavy atom. The lowest BCUT2D eigenvalue weighted by Gasteiger charge is -2.43. The van der Waals surface area contributed by atoms with Crippen LogP contribution in [0.15, 0.2) is 29.1 Å². The third kappa shape index (κ3) is 2.56. The molecule has 0 bridgehead atoms.